The number of pyridine rings is 1. The largest absolute Gasteiger partial charge is 0.390 e. The van der Waals surface area contributed by atoms with E-state index in [9.17, 15) is 17.9 Å². The van der Waals surface area contributed by atoms with Crippen LogP contribution >= 0.6 is 0 Å². The summed E-state index contributed by atoms with van der Waals surface area (Å²) in [5.41, 5.74) is 2.25. The van der Waals surface area contributed by atoms with Gasteiger partial charge in [-0.1, -0.05) is 19.9 Å². The molecule has 1 aromatic carbocycles. The molecule has 0 amide bonds. The zero-order valence-electron chi connectivity index (χ0n) is 24.2. The molecule has 2 atom stereocenters. The maximum atomic E-state index is 14.1. The Bertz CT molecular complexity index is 1480. The van der Waals surface area contributed by atoms with Crippen molar-refractivity contribution in [2.24, 2.45) is 5.92 Å². The van der Waals surface area contributed by atoms with Crippen molar-refractivity contribution in [3.05, 3.63) is 42.2 Å². The van der Waals surface area contributed by atoms with Crippen molar-refractivity contribution in [3.8, 4) is 0 Å². The number of benzene rings is 1. The zero-order valence-corrected chi connectivity index (χ0v) is 25.0. The summed E-state index contributed by atoms with van der Waals surface area (Å²) in [6, 6.07) is 8.03. The first-order valence-corrected chi connectivity index (χ1v) is 16.0. The maximum Gasteiger partial charge on any atom is 0.227 e. The fourth-order valence-electron chi connectivity index (χ4n) is 5.51. The van der Waals surface area contributed by atoms with Crippen molar-refractivity contribution in [2.75, 3.05) is 73.4 Å². The standard InChI is InChI=1S/C29H40FN7O3S/c1-19(2)21-5-6-25(37-15-20(16-37)18-41(39,40)12-11-35(3)4)23-14-32-28(13-22(21)23)33-27-7-9-31-29(34-27)36-10-8-26(38)24(30)17-36/h5-7,9,13-14,19-20,24,26,38H,8,10-12,15-18H2,1-4H3,(H,31,32,33,34)/t24-,26+/m0/s1. The molecular formula is C29H40FN7O3S. The highest BCUT2D eigenvalue weighted by Gasteiger charge is 2.32. The number of rotatable bonds is 10. The van der Waals surface area contributed by atoms with Crippen LogP contribution in [0.5, 0.6) is 0 Å². The molecular weight excluding hydrogens is 545 g/mol. The van der Waals surface area contributed by atoms with Crippen molar-refractivity contribution < 1.29 is 17.9 Å². The lowest BCUT2D eigenvalue weighted by Gasteiger charge is -2.41. The molecule has 222 valence electrons. The minimum absolute atomic E-state index is 0.0543. The Morgan fingerprint density at radius 2 is 1.88 bits per heavy atom. The van der Waals surface area contributed by atoms with Gasteiger partial charge in [-0.25, -0.2) is 22.8 Å². The highest BCUT2D eigenvalue weighted by molar-refractivity contribution is 7.91. The fraction of sp³-hybridized carbons (Fsp3) is 0.552. The van der Waals surface area contributed by atoms with Crippen molar-refractivity contribution in [3.63, 3.8) is 0 Å². The average Bonchev–Trinajstić information content (AvgIpc) is 2.90. The summed E-state index contributed by atoms with van der Waals surface area (Å²) >= 11 is 0. The molecule has 4 heterocycles. The molecule has 2 aromatic heterocycles. The van der Waals surface area contributed by atoms with Crippen LogP contribution in [-0.4, -0.2) is 104 Å². The lowest BCUT2D eigenvalue weighted by Crippen LogP contribution is -2.50. The van der Waals surface area contributed by atoms with Gasteiger partial charge in [-0.15, -0.1) is 0 Å². The first-order chi connectivity index (χ1) is 19.5. The normalized spacial score (nSPS) is 20.2. The monoisotopic (exact) mass is 585 g/mol. The third-order valence-corrected chi connectivity index (χ3v) is 9.64. The van der Waals surface area contributed by atoms with Gasteiger partial charge in [0.25, 0.3) is 0 Å². The van der Waals surface area contributed by atoms with E-state index in [0.29, 0.717) is 56.1 Å². The molecule has 5 rings (SSSR count). The van der Waals surface area contributed by atoms with Gasteiger partial charge < -0.3 is 25.1 Å². The summed E-state index contributed by atoms with van der Waals surface area (Å²) in [7, 11) is 0.685. The Balaban J connectivity index is 1.33. The van der Waals surface area contributed by atoms with E-state index >= 15 is 0 Å². The number of nitrogens with zero attached hydrogens (tertiary/aromatic N) is 6. The van der Waals surface area contributed by atoms with Crippen LogP contribution < -0.4 is 15.1 Å². The first kappa shape index (κ1) is 29.4. The van der Waals surface area contributed by atoms with Crippen LogP contribution in [0.15, 0.2) is 36.7 Å². The van der Waals surface area contributed by atoms with Crippen LogP contribution in [0.1, 0.15) is 31.7 Å². The lowest BCUT2D eigenvalue weighted by atomic mass is 9.93. The molecule has 2 saturated heterocycles. The summed E-state index contributed by atoms with van der Waals surface area (Å²) in [6.45, 7) is 6.80. The summed E-state index contributed by atoms with van der Waals surface area (Å²) in [6.07, 6.45) is 1.55. The van der Waals surface area contributed by atoms with Gasteiger partial charge in [0.05, 0.1) is 24.2 Å². The number of hydrogen-bond donors (Lipinski definition) is 2. The number of aliphatic hydroxyl groups excluding tert-OH is 1. The van der Waals surface area contributed by atoms with E-state index < -0.39 is 22.1 Å². The number of halogens is 1. The number of sulfone groups is 1. The van der Waals surface area contributed by atoms with E-state index in [0.717, 1.165) is 16.5 Å². The Morgan fingerprint density at radius 1 is 1.10 bits per heavy atom. The molecule has 0 bridgehead atoms. The number of piperidine rings is 1. The average molecular weight is 586 g/mol. The second-order valence-electron chi connectivity index (χ2n) is 11.8. The number of aromatic nitrogens is 3. The van der Waals surface area contributed by atoms with Crippen LogP contribution in [0.4, 0.5) is 27.7 Å². The van der Waals surface area contributed by atoms with Crippen LogP contribution in [-0.2, 0) is 9.84 Å². The van der Waals surface area contributed by atoms with Gasteiger partial charge in [0.2, 0.25) is 5.95 Å². The minimum atomic E-state index is -3.09. The summed E-state index contributed by atoms with van der Waals surface area (Å²) in [5.74, 6) is 2.41. The third kappa shape index (κ3) is 6.87. The second-order valence-corrected chi connectivity index (χ2v) is 14.0. The Morgan fingerprint density at radius 3 is 2.59 bits per heavy atom. The lowest BCUT2D eigenvalue weighted by molar-refractivity contribution is 0.0612. The second kappa shape index (κ2) is 12.0. The van der Waals surface area contributed by atoms with Gasteiger partial charge in [-0.2, -0.15) is 4.98 Å². The van der Waals surface area contributed by atoms with Gasteiger partial charge in [0.1, 0.15) is 17.8 Å². The number of nitrogens with one attached hydrogen (secondary N) is 1. The quantitative estimate of drug-likeness (QED) is 0.368. The molecule has 41 heavy (non-hydrogen) atoms. The van der Waals surface area contributed by atoms with Crippen molar-refractivity contribution in [2.45, 2.75) is 38.5 Å². The SMILES string of the molecule is CC(C)c1ccc(N2CC(CS(=O)(=O)CCN(C)C)C2)c2cnc(Nc3ccnc(N4CC[C@@H](O)[C@@H](F)C4)n3)cc12. The molecule has 2 aliphatic heterocycles. The highest BCUT2D eigenvalue weighted by Crippen LogP contribution is 2.37. The van der Waals surface area contributed by atoms with Crippen LogP contribution in [0.3, 0.4) is 0 Å². The Kier molecular flexibility index (Phi) is 8.62. The van der Waals surface area contributed by atoms with E-state index in [1.165, 1.54) is 5.56 Å². The van der Waals surface area contributed by atoms with E-state index in [1.54, 1.807) is 17.2 Å². The predicted molar refractivity (Wildman–Crippen MR) is 162 cm³/mol. The summed E-state index contributed by atoms with van der Waals surface area (Å²) in [5, 5.41) is 15.1. The van der Waals surface area contributed by atoms with E-state index in [2.05, 4.69) is 51.1 Å². The van der Waals surface area contributed by atoms with Crippen LogP contribution in [0.25, 0.3) is 10.8 Å². The topological polar surface area (TPSA) is 115 Å². The zero-order chi connectivity index (χ0) is 29.3. The highest BCUT2D eigenvalue weighted by atomic mass is 32.2. The number of anilines is 4. The van der Waals surface area contributed by atoms with Gasteiger partial charge in [0, 0.05) is 55.6 Å². The van der Waals surface area contributed by atoms with Gasteiger partial charge in [0.15, 0.2) is 9.84 Å². The van der Waals surface area contributed by atoms with Crippen molar-refractivity contribution in [1.29, 1.82) is 0 Å². The summed E-state index contributed by atoms with van der Waals surface area (Å²) in [4.78, 5) is 19.4. The molecule has 2 aliphatic rings. The van der Waals surface area contributed by atoms with Gasteiger partial charge in [-0.05, 0) is 55.6 Å². The molecule has 0 unspecified atom stereocenters. The molecule has 0 saturated carbocycles. The molecule has 2 fully saturated rings. The van der Waals surface area contributed by atoms with E-state index in [4.69, 9.17) is 0 Å². The number of alkyl halides is 1. The van der Waals surface area contributed by atoms with Gasteiger partial charge >= 0.3 is 0 Å². The summed E-state index contributed by atoms with van der Waals surface area (Å²) < 4.78 is 39.2. The van der Waals surface area contributed by atoms with E-state index in [-0.39, 0.29) is 24.0 Å². The van der Waals surface area contributed by atoms with Crippen LogP contribution in [0.2, 0.25) is 0 Å². The van der Waals surface area contributed by atoms with E-state index in [1.807, 2.05) is 31.3 Å². The number of aliphatic hydroxyl groups is 1. The Labute approximate surface area is 241 Å². The minimum Gasteiger partial charge on any atom is -0.390 e. The molecule has 0 aliphatic carbocycles. The third-order valence-electron chi connectivity index (χ3n) is 7.86. The first-order valence-electron chi connectivity index (χ1n) is 14.2. The molecule has 12 heteroatoms. The smallest absolute Gasteiger partial charge is 0.227 e. The number of fused-ring (bicyclic) bond motifs is 1. The van der Waals surface area contributed by atoms with Crippen molar-refractivity contribution in [1.82, 2.24) is 19.9 Å². The fourth-order valence-corrected chi connectivity index (χ4v) is 7.24. The molecule has 0 radical (unpaired) electrons. The molecule has 3 aromatic rings. The predicted octanol–water partition coefficient (Wildman–Crippen LogP) is 3.21. The molecule has 2 N–H and O–H groups in total. The molecule has 10 nitrogen and oxygen atoms in total. The van der Waals surface area contributed by atoms with Crippen molar-refractivity contribution >= 4 is 43.9 Å². The number of hydrogen-bond acceptors (Lipinski definition) is 10. The Hall–Kier alpha value is -3.09. The van der Waals surface area contributed by atoms with Crippen LogP contribution in [0, 0.1) is 5.92 Å². The maximum absolute atomic E-state index is 14.1. The molecule has 0 spiro atoms. The van der Waals surface area contributed by atoms with Gasteiger partial charge in [-0.3, -0.25) is 0 Å².